The summed E-state index contributed by atoms with van der Waals surface area (Å²) in [5.74, 6) is 0.327. The fraction of sp³-hybridized carbons (Fsp3) is 0.125. The van der Waals surface area contributed by atoms with Crippen LogP contribution in [0.2, 0.25) is 0 Å². The van der Waals surface area contributed by atoms with Gasteiger partial charge in [0.15, 0.2) is 0 Å². The van der Waals surface area contributed by atoms with Crippen molar-refractivity contribution in [3.8, 4) is 5.75 Å². The van der Waals surface area contributed by atoms with Crippen molar-refractivity contribution in [2.45, 2.75) is 13.5 Å². The zero-order chi connectivity index (χ0) is 19.1. The first kappa shape index (κ1) is 18.5. The van der Waals surface area contributed by atoms with Gasteiger partial charge in [0, 0.05) is 11.6 Å². The SMILES string of the molecule is COC(=O)/C=C(\c1ccccc1)c1cc(C)ccc1OCc1ccccc1. The number of carbonyl (C=O) groups excluding carboxylic acids is 1. The maximum atomic E-state index is 12.0. The Hall–Kier alpha value is -3.33. The Kier molecular flexibility index (Phi) is 6.06. The summed E-state index contributed by atoms with van der Waals surface area (Å²) in [4.78, 5) is 12.0. The average Bonchev–Trinajstić information content (AvgIpc) is 2.72. The van der Waals surface area contributed by atoms with Gasteiger partial charge in [0.05, 0.1) is 7.11 Å². The van der Waals surface area contributed by atoms with Crippen LogP contribution in [0.15, 0.2) is 84.9 Å². The first-order valence-corrected chi connectivity index (χ1v) is 8.80. The number of rotatable bonds is 6. The molecule has 136 valence electrons. The smallest absolute Gasteiger partial charge is 0.331 e. The minimum absolute atomic E-state index is 0.399. The fourth-order valence-electron chi connectivity index (χ4n) is 2.83. The molecule has 0 heterocycles. The summed E-state index contributed by atoms with van der Waals surface area (Å²) in [7, 11) is 1.38. The Morgan fingerprint density at radius 1 is 0.926 bits per heavy atom. The van der Waals surface area contributed by atoms with Crippen LogP contribution in [-0.2, 0) is 16.1 Å². The van der Waals surface area contributed by atoms with E-state index in [4.69, 9.17) is 9.47 Å². The lowest BCUT2D eigenvalue weighted by atomic mass is 9.95. The summed E-state index contributed by atoms with van der Waals surface area (Å²) in [6, 6.07) is 25.8. The van der Waals surface area contributed by atoms with Crippen LogP contribution in [0.3, 0.4) is 0 Å². The van der Waals surface area contributed by atoms with E-state index < -0.39 is 5.97 Å². The molecule has 0 amide bonds. The van der Waals surface area contributed by atoms with E-state index in [1.165, 1.54) is 13.2 Å². The molecule has 0 unspecified atom stereocenters. The number of methoxy groups -OCH3 is 1. The van der Waals surface area contributed by atoms with Gasteiger partial charge in [-0.05, 0) is 35.8 Å². The van der Waals surface area contributed by atoms with Crippen LogP contribution in [0.4, 0.5) is 0 Å². The molecule has 0 aliphatic heterocycles. The summed E-state index contributed by atoms with van der Waals surface area (Å²) < 4.78 is 11.0. The molecule has 3 heteroatoms. The molecule has 0 aliphatic carbocycles. The molecule has 0 saturated heterocycles. The van der Waals surface area contributed by atoms with Crippen molar-refractivity contribution in [3.63, 3.8) is 0 Å². The van der Waals surface area contributed by atoms with Crippen LogP contribution >= 0.6 is 0 Å². The molecule has 0 aliphatic rings. The van der Waals surface area contributed by atoms with Gasteiger partial charge in [-0.15, -0.1) is 0 Å². The highest BCUT2D eigenvalue weighted by Crippen LogP contribution is 2.32. The largest absolute Gasteiger partial charge is 0.488 e. The second-order valence-electron chi connectivity index (χ2n) is 6.22. The Morgan fingerprint density at radius 3 is 2.26 bits per heavy atom. The third-order valence-electron chi connectivity index (χ3n) is 4.21. The van der Waals surface area contributed by atoms with Crippen molar-refractivity contribution in [1.82, 2.24) is 0 Å². The van der Waals surface area contributed by atoms with Crippen molar-refractivity contribution in [2.75, 3.05) is 7.11 Å². The lowest BCUT2D eigenvalue weighted by Gasteiger charge is -2.16. The highest BCUT2D eigenvalue weighted by atomic mass is 16.5. The normalized spacial score (nSPS) is 11.1. The first-order chi connectivity index (χ1) is 13.2. The molecule has 3 aromatic carbocycles. The van der Waals surface area contributed by atoms with Crippen molar-refractivity contribution >= 4 is 11.5 Å². The molecule has 0 aromatic heterocycles. The Labute approximate surface area is 159 Å². The van der Waals surface area contributed by atoms with E-state index in [1.807, 2.05) is 85.8 Å². The van der Waals surface area contributed by atoms with E-state index in [2.05, 4.69) is 0 Å². The topological polar surface area (TPSA) is 35.5 Å². The molecule has 0 N–H and O–H groups in total. The maximum Gasteiger partial charge on any atom is 0.331 e. The molecule has 0 radical (unpaired) electrons. The molecule has 0 bridgehead atoms. The number of esters is 1. The summed E-state index contributed by atoms with van der Waals surface area (Å²) in [6.07, 6.45) is 1.51. The molecule has 0 atom stereocenters. The van der Waals surface area contributed by atoms with E-state index in [0.29, 0.717) is 6.61 Å². The second kappa shape index (κ2) is 8.86. The van der Waals surface area contributed by atoms with Gasteiger partial charge < -0.3 is 9.47 Å². The number of benzene rings is 3. The van der Waals surface area contributed by atoms with E-state index >= 15 is 0 Å². The average molecular weight is 358 g/mol. The molecule has 3 aromatic rings. The highest BCUT2D eigenvalue weighted by Gasteiger charge is 2.14. The summed E-state index contributed by atoms with van der Waals surface area (Å²) in [5, 5.41) is 0. The van der Waals surface area contributed by atoms with Gasteiger partial charge in [0.25, 0.3) is 0 Å². The Bertz CT molecular complexity index is 928. The zero-order valence-corrected chi connectivity index (χ0v) is 15.5. The fourth-order valence-corrected chi connectivity index (χ4v) is 2.83. The lowest BCUT2D eigenvalue weighted by Crippen LogP contribution is -2.02. The summed E-state index contributed by atoms with van der Waals surface area (Å²) in [6.45, 7) is 2.47. The predicted octanol–water partition coefficient (Wildman–Crippen LogP) is 5.18. The van der Waals surface area contributed by atoms with Crippen LogP contribution in [-0.4, -0.2) is 13.1 Å². The number of carbonyl (C=O) groups is 1. The minimum Gasteiger partial charge on any atom is -0.488 e. The molecule has 0 spiro atoms. The van der Waals surface area contributed by atoms with Crippen molar-refractivity contribution in [2.24, 2.45) is 0 Å². The molecule has 3 rings (SSSR count). The summed E-state index contributed by atoms with van der Waals surface area (Å²) in [5.41, 5.74) is 4.74. The van der Waals surface area contributed by atoms with Gasteiger partial charge in [-0.3, -0.25) is 0 Å². The predicted molar refractivity (Wildman–Crippen MR) is 107 cm³/mol. The monoisotopic (exact) mass is 358 g/mol. The van der Waals surface area contributed by atoms with Gasteiger partial charge in [-0.1, -0.05) is 72.3 Å². The highest BCUT2D eigenvalue weighted by molar-refractivity contribution is 5.97. The van der Waals surface area contributed by atoms with Crippen LogP contribution in [0.5, 0.6) is 5.75 Å². The molecular weight excluding hydrogens is 336 g/mol. The number of aryl methyl sites for hydroxylation is 1. The van der Waals surface area contributed by atoms with Crippen molar-refractivity contribution < 1.29 is 14.3 Å². The van der Waals surface area contributed by atoms with E-state index in [-0.39, 0.29) is 0 Å². The third kappa shape index (κ3) is 4.85. The maximum absolute atomic E-state index is 12.0. The van der Waals surface area contributed by atoms with Crippen molar-refractivity contribution in [1.29, 1.82) is 0 Å². The Balaban J connectivity index is 2.02. The van der Waals surface area contributed by atoms with Gasteiger partial charge in [0.2, 0.25) is 0 Å². The van der Waals surface area contributed by atoms with Crippen LogP contribution in [0, 0.1) is 6.92 Å². The third-order valence-corrected chi connectivity index (χ3v) is 4.21. The first-order valence-electron chi connectivity index (χ1n) is 8.80. The standard InChI is InChI=1S/C24H22O3/c1-18-13-14-23(27-17-19-9-5-3-6-10-19)22(15-18)21(16-24(25)26-2)20-11-7-4-8-12-20/h3-16H,17H2,1-2H3/b21-16+. The Morgan fingerprint density at radius 2 is 1.59 bits per heavy atom. The van der Waals surface area contributed by atoms with Crippen LogP contribution in [0.25, 0.3) is 5.57 Å². The second-order valence-corrected chi connectivity index (χ2v) is 6.22. The van der Waals surface area contributed by atoms with Gasteiger partial charge >= 0.3 is 5.97 Å². The molecule has 27 heavy (non-hydrogen) atoms. The minimum atomic E-state index is -0.399. The molecule has 0 saturated carbocycles. The lowest BCUT2D eigenvalue weighted by molar-refractivity contribution is -0.134. The molecular formula is C24H22O3. The van der Waals surface area contributed by atoms with E-state index in [1.54, 1.807) is 0 Å². The van der Waals surface area contributed by atoms with Crippen LogP contribution < -0.4 is 4.74 Å². The zero-order valence-electron chi connectivity index (χ0n) is 15.5. The van der Waals surface area contributed by atoms with Crippen molar-refractivity contribution in [3.05, 3.63) is 107 Å². The molecule has 0 fully saturated rings. The number of hydrogen-bond acceptors (Lipinski definition) is 3. The summed E-state index contributed by atoms with van der Waals surface area (Å²) >= 11 is 0. The number of hydrogen-bond donors (Lipinski definition) is 0. The van der Waals surface area contributed by atoms with Gasteiger partial charge in [-0.2, -0.15) is 0 Å². The van der Waals surface area contributed by atoms with Gasteiger partial charge in [-0.25, -0.2) is 4.79 Å². The quantitative estimate of drug-likeness (QED) is 0.450. The van der Waals surface area contributed by atoms with Crippen LogP contribution in [0.1, 0.15) is 22.3 Å². The van der Waals surface area contributed by atoms with E-state index in [9.17, 15) is 4.79 Å². The number of ether oxygens (including phenoxy) is 2. The molecule has 3 nitrogen and oxygen atoms in total. The van der Waals surface area contributed by atoms with Gasteiger partial charge in [0.1, 0.15) is 12.4 Å². The van der Waals surface area contributed by atoms with E-state index in [0.717, 1.165) is 33.6 Å².